The minimum atomic E-state index is -0.366. The fourth-order valence-corrected chi connectivity index (χ4v) is 2.98. The monoisotopic (exact) mass is 418 g/mol. The van der Waals surface area contributed by atoms with Crippen LogP contribution in [0.2, 0.25) is 0 Å². The minimum Gasteiger partial charge on any atom is -0.472 e. The van der Waals surface area contributed by atoms with E-state index in [1.807, 2.05) is 6.07 Å². The second kappa shape index (κ2) is 8.15. The van der Waals surface area contributed by atoms with E-state index in [1.54, 1.807) is 29.2 Å². The number of ether oxygens (including phenoxy) is 1. The van der Waals surface area contributed by atoms with Crippen molar-refractivity contribution in [2.45, 2.75) is 19.1 Å². The van der Waals surface area contributed by atoms with Crippen LogP contribution >= 0.6 is 15.9 Å². The number of rotatable bonds is 4. The predicted molar refractivity (Wildman–Crippen MR) is 95.9 cm³/mol. The average Bonchev–Trinajstić information content (AvgIpc) is 3.10. The molecule has 1 atom stereocenters. The quantitative estimate of drug-likeness (QED) is 0.826. The molecule has 3 rings (SSSR count). The molecule has 0 aliphatic carbocycles. The molecule has 8 heteroatoms. The number of hydrogen-bond acceptors (Lipinski definition) is 4. The van der Waals surface area contributed by atoms with Gasteiger partial charge < -0.3 is 15.0 Å². The molecule has 26 heavy (non-hydrogen) atoms. The van der Waals surface area contributed by atoms with Crippen molar-refractivity contribution < 1.29 is 13.9 Å². The van der Waals surface area contributed by atoms with Crippen molar-refractivity contribution in [3.8, 4) is 11.9 Å². The summed E-state index contributed by atoms with van der Waals surface area (Å²) in [6.45, 7) is 1.10. The van der Waals surface area contributed by atoms with Crippen LogP contribution in [0.1, 0.15) is 17.5 Å². The summed E-state index contributed by atoms with van der Waals surface area (Å²) in [5.74, 6) is 0.0578. The van der Waals surface area contributed by atoms with Crippen LogP contribution in [-0.4, -0.2) is 35.1 Å². The third-order valence-electron chi connectivity index (χ3n) is 4.03. The van der Waals surface area contributed by atoms with Crippen LogP contribution in [0.15, 0.2) is 41.0 Å². The van der Waals surface area contributed by atoms with Crippen LogP contribution in [0.3, 0.4) is 0 Å². The van der Waals surface area contributed by atoms with Crippen molar-refractivity contribution in [1.82, 2.24) is 15.2 Å². The first-order chi connectivity index (χ1) is 12.5. The highest BCUT2D eigenvalue weighted by molar-refractivity contribution is 9.10. The van der Waals surface area contributed by atoms with Crippen LogP contribution in [-0.2, 0) is 6.54 Å². The molecular weight excluding hydrogens is 403 g/mol. The Hall–Kier alpha value is -2.66. The lowest BCUT2D eigenvalue weighted by molar-refractivity contribution is 0.183. The van der Waals surface area contributed by atoms with Gasteiger partial charge in [-0.1, -0.05) is 22.0 Å². The van der Waals surface area contributed by atoms with Crippen LogP contribution in [0, 0.1) is 17.1 Å². The van der Waals surface area contributed by atoms with Gasteiger partial charge in [-0.3, -0.25) is 0 Å². The summed E-state index contributed by atoms with van der Waals surface area (Å²) >= 11 is 3.20. The molecule has 2 amide bonds. The molecule has 0 saturated carbocycles. The zero-order valence-corrected chi connectivity index (χ0v) is 15.4. The lowest BCUT2D eigenvalue weighted by atomic mass is 10.2. The van der Waals surface area contributed by atoms with Crippen molar-refractivity contribution in [2.24, 2.45) is 0 Å². The van der Waals surface area contributed by atoms with Gasteiger partial charge in [0.05, 0.1) is 12.1 Å². The fraction of sp³-hybridized carbons (Fsp3) is 0.278. The minimum absolute atomic E-state index is 0.122. The van der Waals surface area contributed by atoms with Crippen LogP contribution in [0.5, 0.6) is 5.88 Å². The SMILES string of the molecule is N#Cc1ccc(OC2CCN(C(=O)NCc3ccc(Br)cc3F)C2)nc1. The highest BCUT2D eigenvalue weighted by Gasteiger charge is 2.27. The Morgan fingerprint density at radius 3 is 3.00 bits per heavy atom. The molecule has 0 bridgehead atoms. The van der Waals surface area contributed by atoms with E-state index in [4.69, 9.17) is 10.00 Å². The summed E-state index contributed by atoms with van der Waals surface area (Å²) in [6.07, 6.45) is 1.97. The first-order valence-corrected chi connectivity index (χ1v) is 8.84. The molecular formula is C18H16BrFN4O2. The molecule has 1 aliphatic heterocycles. The van der Waals surface area contributed by atoms with Crippen LogP contribution in [0.4, 0.5) is 9.18 Å². The zero-order valence-electron chi connectivity index (χ0n) is 13.8. The van der Waals surface area contributed by atoms with E-state index in [0.29, 0.717) is 41.0 Å². The molecule has 2 heterocycles. The summed E-state index contributed by atoms with van der Waals surface area (Å²) in [4.78, 5) is 18.0. The van der Waals surface area contributed by atoms with Gasteiger partial charge in [0.15, 0.2) is 0 Å². The summed E-state index contributed by atoms with van der Waals surface area (Å²) in [7, 11) is 0. The number of benzene rings is 1. The van der Waals surface area contributed by atoms with Crippen molar-refractivity contribution in [3.05, 3.63) is 57.9 Å². The predicted octanol–water partition coefficient (Wildman–Crippen LogP) is 3.22. The maximum Gasteiger partial charge on any atom is 0.317 e. The van der Waals surface area contributed by atoms with Crippen molar-refractivity contribution in [3.63, 3.8) is 0 Å². The lowest BCUT2D eigenvalue weighted by Crippen LogP contribution is -2.39. The molecule has 0 spiro atoms. The van der Waals surface area contributed by atoms with Gasteiger partial charge in [-0.05, 0) is 18.2 Å². The number of nitriles is 1. The maximum absolute atomic E-state index is 13.8. The van der Waals surface area contributed by atoms with Crippen LogP contribution in [0.25, 0.3) is 0 Å². The normalized spacial score (nSPS) is 16.2. The third-order valence-corrected chi connectivity index (χ3v) is 4.52. The van der Waals surface area contributed by atoms with Gasteiger partial charge in [0, 0.05) is 41.8 Å². The van der Waals surface area contributed by atoms with E-state index < -0.39 is 0 Å². The number of nitrogens with one attached hydrogen (secondary N) is 1. The Morgan fingerprint density at radius 1 is 1.46 bits per heavy atom. The second-order valence-corrected chi connectivity index (χ2v) is 6.78. The summed E-state index contributed by atoms with van der Waals surface area (Å²) in [6, 6.07) is 9.74. The highest BCUT2D eigenvalue weighted by Crippen LogP contribution is 2.18. The molecule has 1 saturated heterocycles. The topological polar surface area (TPSA) is 78.2 Å². The number of carbonyl (C=O) groups is 1. The van der Waals surface area contributed by atoms with Crippen molar-refractivity contribution in [1.29, 1.82) is 5.26 Å². The number of likely N-dealkylation sites (tertiary alicyclic amines) is 1. The first-order valence-electron chi connectivity index (χ1n) is 8.04. The third kappa shape index (κ3) is 4.49. The largest absolute Gasteiger partial charge is 0.472 e. The number of carbonyl (C=O) groups excluding carboxylic acids is 1. The van der Waals surface area contributed by atoms with Gasteiger partial charge in [0.2, 0.25) is 5.88 Å². The molecule has 134 valence electrons. The van der Waals surface area contributed by atoms with E-state index >= 15 is 0 Å². The van der Waals surface area contributed by atoms with E-state index in [2.05, 4.69) is 26.2 Å². The molecule has 1 N–H and O–H groups in total. The van der Waals surface area contributed by atoms with Crippen molar-refractivity contribution in [2.75, 3.05) is 13.1 Å². The molecule has 2 aromatic rings. The molecule has 0 radical (unpaired) electrons. The number of aromatic nitrogens is 1. The highest BCUT2D eigenvalue weighted by atomic mass is 79.9. The van der Waals surface area contributed by atoms with E-state index in [-0.39, 0.29) is 24.5 Å². The van der Waals surface area contributed by atoms with E-state index in [9.17, 15) is 9.18 Å². The Morgan fingerprint density at radius 2 is 2.31 bits per heavy atom. The van der Waals surface area contributed by atoms with Gasteiger partial charge in [0.25, 0.3) is 0 Å². The summed E-state index contributed by atoms with van der Waals surface area (Å²) < 4.78 is 20.2. The number of pyridine rings is 1. The van der Waals surface area contributed by atoms with Gasteiger partial charge in [-0.15, -0.1) is 0 Å². The smallest absolute Gasteiger partial charge is 0.317 e. The molecule has 1 unspecified atom stereocenters. The number of halogens is 2. The first kappa shape index (κ1) is 18.1. The fourth-order valence-electron chi connectivity index (χ4n) is 2.64. The number of hydrogen-bond donors (Lipinski definition) is 1. The van der Waals surface area contributed by atoms with Gasteiger partial charge >= 0.3 is 6.03 Å². The summed E-state index contributed by atoms with van der Waals surface area (Å²) in [5.41, 5.74) is 0.889. The number of urea groups is 1. The average molecular weight is 419 g/mol. The molecule has 1 aliphatic rings. The Labute approximate surface area is 158 Å². The molecule has 1 aromatic heterocycles. The lowest BCUT2D eigenvalue weighted by Gasteiger charge is -2.18. The van der Waals surface area contributed by atoms with Gasteiger partial charge in [-0.2, -0.15) is 5.26 Å². The maximum atomic E-state index is 13.8. The molecule has 1 aromatic carbocycles. The Kier molecular flexibility index (Phi) is 5.68. The molecule has 1 fully saturated rings. The standard InChI is InChI=1S/C18H16BrFN4O2/c19-14-3-2-13(16(20)7-14)10-23-18(25)24-6-5-15(11-24)26-17-4-1-12(8-21)9-22-17/h1-4,7,9,15H,5-6,10-11H2,(H,23,25). The van der Waals surface area contributed by atoms with Crippen LogP contribution < -0.4 is 10.1 Å². The molecule has 6 nitrogen and oxygen atoms in total. The van der Waals surface area contributed by atoms with Gasteiger partial charge in [0.1, 0.15) is 18.0 Å². The van der Waals surface area contributed by atoms with Crippen molar-refractivity contribution >= 4 is 22.0 Å². The zero-order chi connectivity index (χ0) is 18.5. The Balaban J connectivity index is 1.49. The Bertz CT molecular complexity index is 838. The number of amides is 2. The number of nitrogens with zero attached hydrogens (tertiary/aromatic N) is 3. The van der Waals surface area contributed by atoms with E-state index in [1.165, 1.54) is 12.3 Å². The second-order valence-electron chi connectivity index (χ2n) is 5.87. The van der Waals surface area contributed by atoms with E-state index in [0.717, 1.165) is 0 Å². The summed E-state index contributed by atoms with van der Waals surface area (Å²) in [5, 5.41) is 11.5. The van der Waals surface area contributed by atoms with Gasteiger partial charge in [-0.25, -0.2) is 14.2 Å².